The van der Waals surface area contributed by atoms with Crippen LogP contribution in [0.3, 0.4) is 0 Å². The largest absolute Gasteiger partial charge is 0.447 e. The van der Waals surface area contributed by atoms with Crippen molar-refractivity contribution in [1.82, 2.24) is 14.7 Å². The number of aromatic nitrogens is 2. The minimum absolute atomic E-state index is 0.0591. The van der Waals surface area contributed by atoms with E-state index in [9.17, 15) is 8.42 Å². The van der Waals surface area contributed by atoms with E-state index in [1.807, 2.05) is 14.1 Å². The van der Waals surface area contributed by atoms with Crippen molar-refractivity contribution >= 4 is 15.8 Å². The molecule has 0 radical (unpaired) electrons. The van der Waals surface area contributed by atoms with Gasteiger partial charge < -0.3 is 9.32 Å². The standard InChI is InChI=1S/C12H16N4O3S/c1-9-11(19-8-14-9)7-15-20(17,18)10-4-5-12(13-6-10)16(2)3/h4-6,8,15H,7H2,1-3H3. The van der Waals surface area contributed by atoms with Gasteiger partial charge >= 0.3 is 0 Å². The monoisotopic (exact) mass is 296 g/mol. The highest BCUT2D eigenvalue weighted by Gasteiger charge is 2.16. The molecule has 0 bridgehead atoms. The maximum absolute atomic E-state index is 12.1. The van der Waals surface area contributed by atoms with E-state index >= 15 is 0 Å². The number of nitrogens with one attached hydrogen (secondary N) is 1. The molecule has 20 heavy (non-hydrogen) atoms. The van der Waals surface area contributed by atoms with E-state index in [-0.39, 0.29) is 11.4 Å². The number of nitrogens with zero attached hydrogens (tertiary/aromatic N) is 3. The molecule has 8 heteroatoms. The number of hydrogen-bond donors (Lipinski definition) is 1. The Labute approximate surface area is 117 Å². The smallest absolute Gasteiger partial charge is 0.242 e. The third-order valence-corrected chi connectivity index (χ3v) is 4.14. The Balaban J connectivity index is 2.12. The molecule has 1 N–H and O–H groups in total. The van der Waals surface area contributed by atoms with Gasteiger partial charge in [-0.15, -0.1) is 0 Å². The van der Waals surface area contributed by atoms with E-state index in [0.717, 1.165) is 0 Å². The van der Waals surface area contributed by atoms with Crippen LogP contribution in [0.1, 0.15) is 11.5 Å². The van der Waals surface area contributed by atoms with Crippen molar-refractivity contribution in [3.63, 3.8) is 0 Å². The molecule has 0 aromatic carbocycles. The van der Waals surface area contributed by atoms with Crippen LogP contribution in [0.4, 0.5) is 5.82 Å². The third kappa shape index (κ3) is 3.14. The lowest BCUT2D eigenvalue weighted by Crippen LogP contribution is -2.23. The Morgan fingerprint density at radius 1 is 1.30 bits per heavy atom. The summed E-state index contributed by atoms with van der Waals surface area (Å²) < 4.78 is 31.7. The van der Waals surface area contributed by atoms with Crippen LogP contribution in [0.5, 0.6) is 0 Å². The van der Waals surface area contributed by atoms with Gasteiger partial charge in [0.2, 0.25) is 10.0 Å². The SMILES string of the molecule is Cc1ncoc1CNS(=O)(=O)c1ccc(N(C)C)nc1. The molecule has 2 heterocycles. The predicted octanol–water partition coefficient (Wildman–Crippen LogP) is 0.923. The Bertz CT molecular complexity index is 677. The van der Waals surface area contributed by atoms with Crippen LogP contribution in [0.2, 0.25) is 0 Å². The minimum Gasteiger partial charge on any atom is -0.447 e. The summed E-state index contributed by atoms with van der Waals surface area (Å²) in [6.45, 7) is 1.81. The molecule has 0 amide bonds. The molecule has 7 nitrogen and oxygen atoms in total. The second kappa shape index (κ2) is 5.59. The fourth-order valence-corrected chi connectivity index (χ4v) is 2.46. The van der Waals surface area contributed by atoms with Crippen LogP contribution in [-0.2, 0) is 16.6 Å². The lowest BCUT2D eigenvalue weighted by atomic mass is 10.4. The van der Waals surface area contributed by atoms with Crippen LogP contribution in [0.15, 0.2) is 34.0 Å². The molecule has 0 aliphatic heterocycles. The zero-order valence-electron chi connectivity index (χ0n) is 11.5. The number of oxazole rings is 1. The molecule has 0 fully saturated rings. The van der Waals surface area contributed by atoms with E-state index in [1.54, 1.807) is 17.9 Å². The summed E-state index contributed by atoms with van der Waals surface area (Å²) in [5, 5.41) is 0. The van der Waals surface area contributed by atoms with E-state index in [0.29, 0.717) is 17.3 Å². The van der Waals surface area contributed by atoms with Crippen molar-refractivity contribution < 1.29 is 12.8 Å². The van der Waals surface area contributed by atoms with Crippen LogP contribution >= 0.6 is 0 Å². The second-order valence-corrected chi connectivity index (χ2v) is 6.20. The lowest BCUT2D eigenvalue weighted by molar-refractivity contribution is 0.492. The van der Waals surface area contributed by atoms with Gasteiger partial charge in [0, 0.05) is 20.3 Å². The summed E-state index contributed by atoms with van der Waals surface area (Å²) in [6, 6.07) is 3.16. The van der Waals surface area contributed by atoms with Crippen molar-refractivity contribution in [2.45, 2.75) is 18.4 Å². The summed E-state index contributed by atoms with van der Waals surface area (Å²) in [7, 11) is 0.0551. The molecule has 2 aromatic heterocycles. The van der Waals surface area contributed by atoms with Crippen molar-refractivity contribution in [3.8, 4) is 0 Å². The molecule has 0 aliphatic carbocycles. The van der Waals surface area contributed by atoms with Gasteiger partial charge in [-0.2, -0.15) is 0 Å². The van der Waals surface area contributed by atoms with Gasteiger partial charge in [0.05, 0.1) is 12.2 Å². The van der Waals surface area contributed by atoms with Gasteiger partial charge in [0.1, 0.15) is 16.5 Å². The normalized spacial score (nSPS) is 11.6. The number of aryl methyl sites for hydroxylation is 1. The highest BCUT2D eigenvalue weighted by Crippen LogP contribution is 2.13. The first-order valence-electron chi connectivity index (χ1n) is 5.92. The molecular formula is C12H16N4O3S. The first-order valence-corrected chi connectivity index (χ1v) is 7.40. The summed E-state index contributed by atoms with van der Waals surface area (Å²) in [5.74, 6) is 1.18. The van der Waals surface area contributed by atoms with Crippen LogP contribution in [-0.4, -0.2) is 32.5 Å². The van der Waals surface area contributed by atoms with Gasteiger partial charge in [-0.05, 0) is 19.1 Å². The number of hydrogen-bond acceptors (Lipinski definition) is 6. The highest BCUT2D eigenvalue weighted by molar-refractivity contribution is 7.89. The summed E-state index contributed by atoms with van der Waals surface area (Å²) in [6.07, 6.45) is 2.61. The molecule has 0 atom stereocenters. The molecule has 0 unspecified atom stereocenters. The molecule has 2 aromatic rings. The third-order valence-electron chi connectivity index (χ3n) is 2.76. The van der Waals surface area contributed by atoms with Gasteiger partial charge in [0.15, 0.2) is 6.39 Å². The summed E-state index contributed by atoms with van der Waals surface area (Å²) in [5.41, 5.74) is 0.661. The Kier molecular flexibility index (Phi) is 4.05. The fourth-order valence-electron chi connectivity index (χ4n) is 1.54. The Morgan fingerprint density at radius 3 is 2.55 bits per heavy atom. The second-order valence-electron chi connectivity index (χ2n) is 4.43. The molecule has 2 rings (SSSR count). The number of sulfonamides is 1. The van der Waals surface area contributed by atoms with Crippen molar-refractivity contribution in [2.24, 2.45) is 0 Å². The zero-order chi connectivity index (χ0) is 14.8. The van der Waals surface area contributed by atoms with Crippen molar-refractivity contribution in [1.29, 1.82) is 0 Å². The van der Waals surface area contributed by atoms with Crippen LogP contribution < -0.4 is 9.62 Å². The van der Waals surface area contributed by atoms with Crippen LogP contribution in [0, 0.1) is 6.92 Å². The maximum atomic E-state index is 12.1. The topological polar surface area (TPSA) is 88.3 Å². The van der Waals surface area contributed by atoms with E-state index < -0.39 is 10.0 Å². The average molecular weight is 296 g/mol. The average Bonchev–Trinajstić information content (AvgIpc) is 2.82. The van der Waals surface area contributed by atoms with Gasteiger partial charge in [-0.1, -0.05) is 0 Å². The van der Waals surface area contributed by atoms with Gasteiger partial charge in [0.25, 0.3) is 0 Å². The molecule has 0 aliphatic rings. The molecular weight excluding hydrogens is 280 g/mol. The van der Waals surface area contributed by atoms with Crippen molar-refractivity contribution in [2.75, 3.05) is 19.0 Å². The fraction of sp³-hybridized carbons (Fsp3) is 0.333. The van der Waals surface area contributed by atoms with Crippen molar-refractivity contribution in [3.05, 3.63) is 36.2 Å². The maximum Gasteiger partial charge on any atom is 0.242 e. The number of rotatable bonds is 5. The molecule has 0 spiro atoms. The number of anilines is 1. The first kappa shape index (κ1) is 14.5. The minimum atomic E-state index is -3.61. The number of pyridine rings is 1. The predicted molar refractivity (Wildman–Crippen MR) is 73.8 cm³/mol. The van der Waals surface area contributed by atoms with E-state index in [2.05, 4.69) is 14.7 Å². The van der Waals surface area contributed by atoms with Gasteiger partial charge in [-0.25, -0.2) is 23.1 Å². The lowest BCUT2D eigenvalue weighted by Gasteiger charge is -2.11. The van der Waals surface area contributed by atoms with E-state index in [4.69, 9.17) is 4.42 Å². The van der Waals surface area contributed by atoms with Crippen LogP contribution in [0.25, 0.3) is 0 Å². The van der Waals surface area contributed by atoms with Gasteiger partial charge in [-0.3, -0.25) is 0 Å². The zero-order valence-corrected chi connectivity index (χ0v) is 12.3. The Morgan fingerprint density at radius 2 is 2.05 bits per heavy atom. The summed E-state index contributed by atoms with van der Waals surface area (Å²) in [4.78, 5) is 9.88. The molecule has 108 valence electrons. The van der Waals surface area contributed by atoms with E-state index in [1.165, 1.54) is 18.7 Å². The first-order chi connectivity index (χ1) is 9.40. The molecule has 0 saturated carbocycles. The highest BCUT2D eigenvalue weighted by atomic mass is 32.2. The summed E-state index contributed by atoms with van der Waals surface area (Å²) >= 11 is 0. The Hall–Kier alpha value is -1.93. The quantitative estimate of drug-likeness (QED) is 0.882. The molecule has 0 saturated heterocycles.